The summed E-state index contributed by atoms with van der Waals surface area (Å²) in [5.41, 5.74) is 0.137. The Labute approximate surface area is 127 Å². The SMILES string of the molecule is CCCCCNC(=O)Cn1c(=S)[nH]c2ncccc2c1=O. The van der Waals surface area contributed by atoms with Gasteiger partial charge in [-0.2, -0.15) is 0 Å². The number of carbonyl (C=O) groups is 1. The van der Waals surface area contributed by atoms with Crippen LogP contribution < -0.4 is 10.9 Å². The molecule has 2 N–H and O–H groups in total. The summed E-state index contributed by atoms with van der Waals surface area (Å²) in [4.78, 5) is 31.1. The number of pyridine rings is 1. The molecule has 7 heteroatoms. The molecule has 2 aromatic heterocycles. The van der Waals surface area contributed by atoms with Gasteiger partial charge in [0.25, 0.3) is 5.56 Å². The van der Waals surface area contributed by atoms with E-state index in [1.54, 1.807) is 18.3 Å². The fourth-order valence-corrected chi connectivity index (χ4v) is 2.27. The summed E-state index contributed by atoms with van der Waals surface area (Å²) in [6.07, 6.45) is 4.68. The Kier molecular flexibility index (Phi) is 5.21. The molecule has 6 nitrogen and oxygen atoms in total. The van der Waals surface area contributed by atoms with E-state index in [0.717, 1.165) is 19.3 Å². The molecule has 0 radical (unpaired) electrons. The third-order valence-electron chi connectivity index (χ3n) is 3.16. The van der Waals surface area contributed by atoms with Crippen molar-refractivity contribution in [3.63, 3.8) is 0 Å². The number of rotatable bonds is 6. The molecule has 0 atom stereocenters. The summed E-state index contributed by atoms with van der Waals surface area (Å²) >= 11 is 5.13. The van der Waals surface area contributed by atoms with Gasteiger partial charge in [-0.1, -0.05) is 19.8 Å². The topological polar surface area (TPSA) is 79.8 Å². The zero-order valence-electron chi connectivity index (χ0n) is 11.9. The van der Waals surface area contributed by atoms with Gasteiger partial charge in [0.15, 0.2) is 4.77 Å². The lowest BCUT2D eigenvalue weighted by Crippen LogP contribution is -2.33. The van der Waals surface area contributed by atoms with Gasteiger partial charge in [-0.15, -0.1) is 0 Å². The second kappa shape index (κ2) is 7.12. The standard InChI is InChI=1S/C14H18N4O2S/c1-2-3-4-7-15-11(19)9-18-13(20)10-6-5-8-16-12(10)17-14(18)21/h5-6,8H,2-4,7,9H2,1H3,(H,15,19)(H,16,17,21). The molecule has 0 aromatic carbocycles. The Morgan fingerprint density at radius 3 is 3.05 bits per heavy atom. The van der Waals surface area contributed by atoms with Crippen molar-refractivity contribution in [3.05, 3.63) is 33.5 Å². The molecule has 2 heterocycles. The molecule has 0 saturated heterocycles. The van der Waals surface area contributed by atoms with E-state index in [0.29, 0.717) is 17.6 Å². The average Bonchev–Trinajstić information content (AvgIpc) is 2.48. The van der Waals surface area contributed by atoms with Crippen molar-refractivity contribution in [2.24, 2.45) is 0 Å². The number of hydrogen-bond acceptors (Lipinski definition) is 4. The summed E-state index contributed by atoms with van der Waals surface area (Å²) in [6, 6.07) is 3.33. The largest absolute Gasteiger partial charge is 0.355 e. The number of amides is 1. The Morgan fingerprint density at radius 1 is 1.48 bits per heavy atom. The molecule has 0 saturated carbocycles. The molecular formula is C14H18N4O2S. The van der Waals surface area contributed by atoms with Crippen LogP contribution in [0.25, 0.3) is 11.0 Å². The van der Waals surface area contributed by atoms with Gasteiger partial charge in [0, 0.05) is 12.7 Å². The second-order valence-electron chi connectivity index (χ2n) is 4.78. The van der Waals surface area contributed by atoms with Gasteiger partial charge in [0.05, 0.1) is 5.39 Å². The highest BCUT2D eigenvalue weighted by atomic mass is 32.1. The van der Waals surface area contributed by atoms with Gasteiger partial charge in [-0.3, -0.25) is 14.2 Å². The molecule has 0 spiro atoms. The van der Waals surface area contributed by atoms with Crippen molar-refractivity contribution < 1.29 is 4.79 Å². The predicted molar refractivity (Wildman–Crippen MR) is 83.7 cm³/mol. The van der Waals surface area contributed by atoms with Gasteiger partial charge < -0.3 is 10.3 Å². The van der Waals surface area contributed by atoms with Crippen molar-refractivity contribution in [2.45, 2.75) is 32.7 Å². The number of aromatic amines is 1. The summed E-state index contributed by atoms with van der Waals surface area (Å²) in [5.74, 6) is -0.212. The summed E-state index contributed by atoms with van der Waals surface area (Å²) in [7, 11) is 0. The molecule has 0 aliphatic carbocycles. The van der Waals surface area contributed by atoms with E-state index in [2.05, 4.69) is 22.2 Å². The van der Waals surface area contributed by atoms with Crippen molar-refractivity contribution in [1.29, 1.82) is 0 Å². The number of H-pyrrole nitrogens is 1. The summed E-state index contributed by atoms with van der Waals surface area (Å²) in [6.45, 7) is 2.64. The fourth-order valence-electron chi connectivity index (χ4n) is 2.03. The maximum absolute atomic E-state index is 12.3. The van der Waals surface area contributed by atoms with Crippen molar-refractivity contribution in [2.75, 3.05) is 6.54 Å². The molecule has 2 aromatic rings. The molecule has 0 fully saturated rings. The van der Waals surface area contributed by atoms with E-state index >= 15 is 0 Å². The molecule has 21 heavy (non-hydrogen) atoms. The smallest absolute Gasteiger partial charge is 0.264 e. The van der Waals surface area contributed by atoms with Crippen molar-refractivity contribution >= 4 is 29.2 Å². The Bertz CT molecular complexity index is 750. The number of unbranched alkanes of at least 4 members (excludes halogenated alkanes) is 2. The third-order valence-corrected chi connectivity index (χ3v) is 3.48. The molecule has 112 valence electrons. The number of nitrogens with one attached hydrogen (secondary N) is 2. The third kappa shape index (κ3) is 3.75. The highest BCUT2D eigenvalue weighted by Gasteiger charge is 2.09. The van der Waals surface area contributed by atoms with Crippen LogP contribution in [0.3, 0.4) is 0 Å². The van der Waals surface area contributed by atoms with E-state index in [1.165, 1.54) is 4.57 Å². The number of carbonyl (C=O) groups excluding carboxylic acids is 1. The van der Waals surface area contributed by atoms with Gasteiger partial charge in [0.2, 0.25) is 5.91 Å². The van der Waals surface area contributed by atoms with Crippen LogP contribution in [0.5, 0.6) is 0 Å². The number of aromatic nitrogens is 3. The lowest BCUT2D eigenvalue weighted by molar-refractivity contribution is -0.121. The van der Waals surface area contributed by atoms with Crippen LogP contribution in [0.1, 0.15) is 26.2 Å². The van der Waals surface area contributed by atoms with Gasteiger partial charge >= 0.3 is 0 Å². The zero-order chi connectivity index (χ0) is 15.2. The van der Waals surface area contributed by atoms with Gasteiger partial charge in [0.1, 0.15) is 12.2 Å². The molecule has 2 rings (SSSR count). The maximum Gasteiger partial charge on any atom is 0.264 e. The van der Waals surface area contributed by atoms with Crippen LogP contribution in [0.4, 0.5) is 0 Å². The van der Waals surface area contributed by atoms with Crippen molar-refractivity contribution in [1.82, 2.24) is 19.9 Å². The first-order valence-corrected chi connectivity index (χ1v) is 7.39. The molecular weight excluding hydrogens is 288 g/mol. The number of fused-ring (bicyclic) bond motifs is 1. The van der Waals surface area contributed by atoms with Gasteiger partial charge in [-0.05, 0) is 30.8 Å². The van der Waals surface area contributed by atoms with E-state index in [1.807, 2.05) is 0 Å². The minimum atomic E-state index is -0.300. The fraction of sp³-hybridized carbons (Fsp3) is 0.429. The first kappa shape index (κ1) is 15.4. The zero-order valence-corrected chi connectivity index (χ0v) is 12.7. The van der Waals surface area contributed by atoms with E-state index in [9.17, 15) is 9.59 Å². The van der Waals surface area contributed by atoms with E-state index < -0.39 is 0 Å². The molecule has 0 bridgehead atoms. The van der Waals surface area contributed by atoms with Crippen LogP contribution in [-0.2, 0) is 11.3 Å². The van der Waals surface area contributed by atoms with Crippen LogP contribution in [0, 0.1) is 4.77 Å². The molecule has 0 aliphatic heterocycles. The monoisotopic (exact) mass is 306 g/mol. The normalized spacial score (nSPS) is 10.7. The lowest BCUT2D eigenvalue weighted by atomic mass is 10.2. The molecule has 0 unspecified atom stereocenters. The lowest BCUT2D eigenvalue weighted by Gasteiger charge is -2.08. The minimum Gasteiger partial charge on any atom is -0.355 e. The quantitative estimate of drug-likeness (QED) is 0.629. The second-order valence-corrected chi connectivity index (χ2v) is 5.16. The molecule has 0 aliphatic rings. The van der Waals surface area contributed by atoms with Crippen LogP contribution in [0.2, 0.25) is 0 Å². The highest BCUT2D eigenvalue weighted by molar-refractivity contribution is 7.71. The van der Waals surface area contributed by atoms with E-state index in [4.69, 9.17) is 12.2 Å². The summed E-state index contributed by atoms with van der Waals surface area (Å²) < 4.78 is 1.46. The van der Waals surface area contributed by atoms with Crippen LogP contribution >= 0.6 is 12.2 Å². The Balaban J connectivity index is 2.17. The Morgan fingerprint density at radius 2 is 2.29 bits per heavy atom. The molecule has 1 amide bonds. The first-order valence-electron chi connectivity index (χ1n) is 6.98. The van der Waals surface area contributed by atoms with Gasteiger partial charge in [-0.25, -0.2) is 4.98 Å². The number of hydrogen-bond donors (Lipinski definition) is 2. The average molecular weight is 306 g/mol. The van der Waals surface area contributed by atoms with E-state index in [-0.39, 0.29) is 22.8 Å². The Hall–Kier alpha value is -2.02. The number of nitrogens with zero attached hydrogens (tertiary/aromatic N) is 2. The van der Waals surface area contributed by atoms with Crippen LogP contribution in [0.15, 0.2) is 23.1 Å². The van der Waals surface area contributed by atoms with Crippen LogP contribution in [-0.4, -0.2) is 27.0 Å². The highest BCUT2D eigenvalue weighted by Crippen LogP contribution is 2.02. The first-order chi connectivity index (χ1) is 10.1. The predicted octanol–water partition coefficient (Wildman–Crippen LogP) is 1.76. The summed E-state index contributed by atoms with van der Waals surface area (Å²) in [5, 5.41) is 3.22. The minimum absolute atomic E-state index is 0.0782. The van der Waals surface area contributed by atoms with Crippen molar-refractivity contribution in [3.8, 4) is 0 Å². The maximum atomic E-state index is 12.3.